The minimum Gasteiger partial charge on any atom is -0.387 e. The number of carbonyl (C=O) groups excluding carboxylic acids is 1. The lowest BCUT2D eigenvalue weighted by atomic mass is 10.1. The zero-order chi connectivity index (χ0) is 19.7. The first kappa shape index (κ1) is 19.4. The topological polar surface area (TPSA) is 178 Å². The summed E-state index contributed by atoms with van der Waals surface area (Å²) in [6.45, 7) is 2.47. The van der Waals surface area contributed by atoms with Crippen molar-refractivity contribution in [3.05, 3.63) is 12.2 Å². The lowest BCUT2D eigenvalue weighted by molar-refractivity contribution is -0.121. The van der Waals surface area contributed by atoms with Gasteiger partial charge >= 0.3 is 0 Å². The average molecular weight is 380 g/mol. The molecule has 148 valence electrons. The van der Waals surface area contributed by atoms with Crippen LogP contribution in [-0.4, -0.2) is 79.0 Å². The maximum absolute atomic E-state index is 11.3. The van der Waals surface area contributed by atoms with Gasteiger partial charge in [0.05, 0.1) is 0 Å². The number of ether oxygens (including phenoxy) is 1. The van der Waals surface area contributed by atoms with Crippen LogP contribution in [0.4, 0.5) is 5.82 Å². The third kappa shape index (κ3) is 3.70. The molecule has 3 heterocycles. The molecule has 0 spiro atoms. The minimum absolute atomic E-state index is 0.212. The summed E-state index contributed by atoms with van der Waals surface area (Å²) in [5, 5.41) is 20.9. The van der Waals surface area contributed by atoms with Crippen molar-refractivity contribution in [2.75, 3.05) is 25.9 Å². The number of anilines is 1. The molecule has 1 aliphatic rings. The highest BCUT2D eigenvalue weighted by atomic mass is 16.6. The van der Waals surface area contributed by atoms with Gasteiger partial charge in [0, 0.05) is 19.5 Å². The number of aromatic nitrogens is 4. The predicted octanol–water partition coefficient (Wildman–Crippen LogP) is -2.35. The molecule has 0 saturated carbocycles. The summed E-state index contributed by atoms with van der Waals surface area (Å²) in [5.41, 5.74) is 8.73. The van der Waals surface area contributed by atoms with E-state index in [1.807, 2.05) is 4.90 Å². The highest BCUT2D eigenvalue weighted by Crippen LogP contribution is 2.33. The molecule has 2 unspecified atom stereocenters. The van der Waals surface area contributed by atoms with E-state index in [4.69, 9.17) is 16.3 Å². The van der Waals surface area contributed by atoms with E-state index in [9.17, 15) is 15.0 Å². The van der Waals surface area contributed by atoms with Gasteiger partial charge in [-0.25, -0.2) is 20.8 Å². The highest BCUT2D eigenvalue weighted by Gasteiger charge is 2.45. The van der Waals surface area contributed by atoms with Crippen molar-refractivity contribution in [2.24, 2.45) is 5.84 Å². The van der Waals surface area contributed by atoms with E-state index < -0.39 is 24.5 Å². The van der Waals surface area contributed by atoms with Crippen molar-refractivity contribution in [1.29, 1.82) is 0 Å². The summed E-state index contributed by atoms with van der Waals surface area (Å²) < 4.78 is 7.52. The molecule has 2 aromatic rings. The molecule has 0 radical (unpaired) electrons. The Bertz CT molecular complexity index is 827. The molecule has 12 nitrogen and oxygen atoms in total. The van der Waals surface area contributed by atoms with E-state index in [-0.39, 0.29) is 18.1 Å². The quantitative estimate of drug-likeness (QED) is 0.207. The van der Waals surface area contributed by atoms with Crippen molar-refractivity contribution in [3.8, 4) is 0 Å². The second-order valence-corrected chi connectivity index (χ2v) is 6.59. The maximum Gasteiger partial charge on any atom is 0.235 e. The van der Waals surface area contributed by atoms with Gasteiger partial charge < -0.3 is 25.6 Å². The molecule has 0 aromatic carbocycles. The van der Waals surface area contributed by atoms with E-state index >= 15 is 0 Å². The molecular formula is C15H24N8O4. The van der Waals surface area contributed by atoms with Crippen molar-refractivity contribution >= 4 is 22.9 Å². The Labute approximate surface area is 155 Å². The Balaban J connectivity index is 1.77. The lowest BCUT2D eigenvalue weighted by Crippen LogP contribution is -2.40. The van der Waals surface area contributed by atoms with Crippen LogP contribution in [0.2, 0.25) is 0 Å². The van der Waals surface area contributed by atoms with Gasteiger partial charge in [-0.2, -0.15) is 0 Å². The summed E-state index contributed by atoms with van der Waals surface area (Å²) in [6.07, 6.45) is -2.30. The molecule has 7 N–H and O–H groups in total. The first-order valence-electron chi connectivity index (χ1n) is 8.48. The number of aryl methyl sites for hydroxylation is 1. The number of aliphatic hydroxyl groups excluding tert-OH is 2. The van der Waals surface area contributed by atoms with Crippen LogP contribution in [0.25, 0.3) is 11.2 Å². The molecule has 1 saturated heterocycles. The summed E-state index contributed by atoms with van der Waals surface area (Å²) in [5.74, 6) is 5.53. The van der Waals surface area contributed by atoms with Gasteiger partial charge in [-0.15, -0.1) is 0 Å². The largest absolute Gasteiger partial charge is 0.387 e. The predicted molar refractivity (Wildman–Crippen MR) is 94.8 cm³/mol. The van der Waals surface area contributed by atoms with Crippen LogP contribution in [0.3, 0.4) is 0 Å². The fourth-order valence-electron chi connectivity index (χ4n) is 3.20. The summed E-state index contributed by atoms with van der Waals surface area (Å²) in [6, 6.07) is 0. The van der Waals surface area contributed by atoms with Crippen molar-refractivity contribution < 1.29 is 19.7 Å². The second-order valence-electron chi connectivity index (χ2n) is 6.59. The zero-order valence-electron chi connectivity index (χ0n) is 15.1. The van der Waals surface area contributed by atoms with Crippen LogP contribution in [0.5, 0.6) is 0 Å². The van der Waals surface area contributed by atoms with Crippen LogP contribution >= 0.6 is 0 Å². The number of nitrogens with zero attached hydrogens (tertiary/aromatic N) is 5. The SMILES string of the molecule is Cc1nc2c(N)ncnc2n1[C@@H]1O[C@H](CN(C)CCC(=O)NN)C(O)C1O. The molecule has 4 atom stereocenters. The number of imidazole rings is 1. The second kappa shape index (κ2) is 7.70. The number of hydrazine groups is 1. The van der Waals surface area contributed by atoms with E-state index in [0.717, 1.165) is 0 Å². The Morgan fingerprint density at radius 3 is 2.85 bits per heavy atom. The molecule has 0 bridgehead atoms. The smallest absolute Gasteiger partial charge is 0.235 e. The van der Waals surface area contributed by atoms with Gasteiger partial charge in [-0.05, 0) is 14.0 Å². The number of nitrogens with two attached hydrogens (primary N) is 2. The molecule has 1 aliphatic heterocycles. The van der Waals surface area contributed by atoms with Crippen molar-refractivity contribution in [1.82, 2.24) is 29.8 Å². The van der Waals surface area contributed by atoms with Crippen LogP contribution in [0.1, 0.15) is 18.5 Å². The number of nitrogen functional groups attached to an aromatic ring is 1. The molecule has 2 aromatic heterocycles. The highest BCUT2D eigenvalue weighted by molar-refractivity contribution is 5.81. The maximum atomic E-state index is 11.3. The fourth-order valence-corrected chi connectivity index (χ4v) is 3.20. The molecule has 12 heteroatoms. The van der Waals surface area contributed by atoms with Crippen molar-refractivity contribution in [3.63, 3.8) is 0 Å². The van der Waals surface area contributed by atoms with Gasteiger partial charge in [0.2, 0.25) is 5.91 Å². The van der Waals surface area contributed by atoms with Gasteiger partial charge in [-0.3, -0.25) is 14.8 Å². The summed E-state index contributed by atoms with van der Waals surface area (Å²) in [4.78, 5) is 25.5. The van der Waals surface area contributed by atoms with Gasteiger partial charge in [0.1, 0.15) is 30.5 Å². The number of hydrogen-bond acceptors (Lipinski definition) is 10. The third-order valence-corrected chi connectivity index (χ3v) is 4.65. The standard InChI is InChI=1S/C15H24N8O4/c1-7-20-10-13(16)18-6-19-14(10)23(7)15-12(26)11(25)8(27-15)5-22(2)4-3-9(24)21-17/h6,8,11-12,15,25-26H,3-5,17H2,1-2H3,(H,21,24)(H2,16,18,19)/t8-,11?,12?,15-/m1/s1. The normalized spacial score (nSPS) is 25.4. The monoisotopic (exact) mass is 380 g/mol. The number of carbonyl (C=O) groups is 1. The first-order valence-corrected chi connectivity index (χ1v) is 8.48. The molecule has 1 fully saturated rings. The van der Waals surface area contributed by atoms with Crippen LogP contribution in [0.15, 0.2) is 6.33 Å². The molecule has 27 heavy (non-hydrogen) atoms. The fraction of sp³-hybridized carbons (Fsp3) is 0.600. The lowest BCUT2D eigenvalue weighted by Gasteiger charge is -2.22. The van der Waals surface area contributed by atoms with E-state index in [1.54, 1.807) is 18.5 Å². The molecule has 0 aliphatic carbocycles. The number of likely N-dealkylation sites (N-methyl/N-ethyl adjacent to an activating group) is 1. The number of nitrogens with one attached hydrogen (secondary N) is 1. The number of fused-ring (bicyclic) bond motifs is 1. The molecule has 3 rings (SSSR count). The number of aliphatic hydroxyl groups is 2. The Morgan fingerprint density at radius 2 is 2.15 bits per heavy atom. The van der Waals surface area contributed by atoms with E-state index in [0.29, 0.717) is 30.1 Å². The Hall–Kier alpha value is -2.38. The van der Waals surface area contributed by atoms with Crippen LogP contribution in [0, 0.1) is 6.92 Å². The summed E-state index contributed by atoms with van der Waals surface area (Å²) >= 11 is 0. The third-order valence-electron chi connectivity index (χ3n) is 4.65. The zero-order valence-corrected chi connectivity index (χ0v) is 15.1. The van der Waals surface area contributed by atoms with Crippen molar-refractivity contribution in [2.45, 2.75) is 37.9 Å². The number of rotatable bonds is 6. The van der Waals surface area contributed by atoms with E-state index in [2.05, 4.69) is 20.4 Å². The molecular weight excluding hydrogens is 356 g/mol. The summed E-state index contributed by atoms with van der Waals surface area (Å²) in [7, 11) is 1.78. The van der Waals surface area contributed by atoms with Crippen LogP contribution in [-0.2, 0) is 9.53 Å². The first-order chi connectivity index (χ1) is 12.8. The van der Waals surface area contributed by atoms with Gasteiger partial charge in [0.25, 0.3) is 0 Å². The minimum atomic E-state index is -1.18. The Morgan fingerprint density at radius 1 is 1.41 bits per heavy atom. The average Bonchev–Trinajstić information content (AvgIpc) is 3.11. The molecule has 1 amide bonds. The van der Waals surface area contributed by atoms with Gasteiger partial charge in [-0.1, -0.05) is 0 Å². The number of amides is 1. The van der Waals surface area contributed by atoms with Gasteiger partial charge in [0.15, 0.2) is 23.2 Å². The van der Waals surface area contributed by atoms with E-state index in [1.165, 1.54) is 6.33 Å². The Kier molecular flexibility index (Phi) is 5.53. The van der Waals surface area contributed by atoms with Crippen LogP contribution < -0.4 is 17.0 Å². The number of hydrogen-bond donors (Lipinski definition) is 5.